The van der Waals surface area contributed by atoms with Crippen LogP contribution in [0.1, 0.15) is 22.3 Å². The van der Waals surface area contributed by atoms with Crippen LogP contribution in [0.5, 0.6) is 5.75 Å². The Morgan fingerprint density at radius 1 is 0.778 bits per heavy atom. The Hall–Kier alpha value is -4.15. The van der Waals surface area contributed by atoms with Crippen molar-refractivity contribution in [2.45, 2.75) is 32.6 Å². The van der Waals surface area contributed by atoms with Gasteiger partial charge >= 0.3 is 0 Å². The number of fused-ring (bicyclic) bond motifs is 1. The van der Waals surface area contributed by atoms with E-state index in [9.17, 15) is 18.1 Å². The Kier molecular flexibility index (Phi) is 6.57. The Morgan fingerprint density at radius 3 is 2.11 bits per heavy atom. The summed E-state index contributed by atoms with van der Waals surface area (Å²) >= 11 is 0. The van der Waals surface area contributed by atoms with Gasteiger partial charge in [-0.15, -0.1) is 10.2 Å². The third-order valence-corrected chi connectivity index (χ3v) is 6.99. The van der Waals surface area contributed by atoms with Crippen LogP contribution < -0.4 is 5.73 Å². The highest BCUT2D eigenvalue weighted by Gasteiger charge is 2.24. The van der Waals surface area contributed by atoms with E-state index in [1.54, 1.807) is 43.3 Å². The molecule has 10 heteroatoms. The number of aromatic hydroxyl groups is 1. The minimum Gasteiger partial charge on any atom is -0.505 e. The minimum atomic E-state index is -4.70. The molecule has 0 radical (unpaired) electrons. The summed E-state index contributed by atoms with van der Waals surface area (Å²) in [6.45, 7) is 7.66. The van der Waals surface area contributed by atoms with E-state index in [4.69, 9.17) is 5.73 Å². The quantitative estimate of drug-likeness (QED) is 0.147. The molecular formula is C26H25N5O4S. The Morgan fingerprint density at radius 2 is 1.44 bits per heavy atom. The van der Waals surface area contributed by atoms with E-state index in [1.165, 1.54) is 6.07 Å². The summed E-state index contributed by atoms with van der Waals surface area (Å²) < 4.78 is 34.1. The number of hydrogen-bond acceptors (Lipinski definition) is 8. The smallest absolute Gasteiger partial charge is 0.296 e. The van der Waals surface area contributed by atoms with Crippen LogP contribution in [-0.4, -0.2) is 18.1 Å². The van der Waals surface area contributed by atoms with Gasteiger partial charge in [-0.2, -0.15) is 18.6 Å². The standard InChI is InChI=1S/C26H25N5O4S/c1-14-10-11-20(17(4)16(14)3)29-30-24-15(2)12-18-13-21(36(33,34)35)25(23(27)22(18)26(24)32)31-28-19-8-6-5-7-9-19/h5-13,32H,27H2,1-4H3,(H,33,34,35). The summed E-state index contributed by atoms with van der Waals surface area (Å²) in [6.07, 6.45) is 0. The van der Waals surface area contributed by atoms with Crippen molar-refractivity contribution < 1.29 is 18.1 Å². The molecule has 0 amide bonds. The number of phenols is 1. The fraction of sp³-hybridized carbons (Fsp3) is 0.154. The molecule has 4 rings (SSSR count). The highest BCUT2D eigenvalue weighted by molar-refractivity contribution is 7.86. The summed E-state index contributed by atoms with van der Waals surface area (Å²) in [5.74, 6) is -0.286. The van der Waals surface area contributed by atoms with Crippen molar-refractivity contribution in [1.29, 1.82) is 0 Å². The van der Waals surface area contributed by atoms with Gasteiger partial charge in [0.2, 0.25) is 0 Å². The van der Waals surface area contributed by atoms with Crippen LogP contribution >= 0.6 is 0 Å². The molecule has 0 aliphatic rings. The van der Waals surface area contributed by atoms with E-state index >= 15 is 0 Å². The molecule has 0 heterocycles. The molecule has 0 fully saturated rings. The van der Waals surface area contributed by atoms with Crippen molar-refractivity contribution in [1.82, 2.24) is 0 Å². The number of aryl methyl sites for hydroxylation is 2. The van der Waals surface area contributed by atoms with Crippen molar-refractivity contribution >= 4 is 49.3 Å². The summed E-state index contributed by atoms with van der Waals surface area (Å²) in [5, 5.41) is 28.2. The first-order chi connectivity index (χ1) is 17.0. The summed E-state index contributed by atoms with van der Waals surface area (Å²) in [6, 6.07) is 15.2. The second kappa shape index (κ2) is 9.48. The van der Waals surface area contributed by atoms with Crippen molar-refractivity contribution in [3.05, 3.63) is 76.9 Å². The van der Waals surface area contributed by atoms with Gasteiger partial charge in [0.05, 0.1) is 22.4 Å². The van der Waals surface area contributed by atoms with Crippen molar-refractivity contribution in [2.24, 2.45) is 20.5 Å². The van der Waals surface area contributed by atoms with Gasteiger partial charge in [-0.25, -0.2) is 0 Å². The minimum absolute atomic E-state index is 0.126. The maximum atomic E-state index is 12.1. The monoisotopic (exact) mass is 503 g/mol. The molecule has 0 unspecified atom stereocenters. The first kappa shape index (κ1) is 25.0. The van der Waals surface area contributed by atoms with E-state index in [2.05, 4.69) is 20.5 Å². The molecule has 0 bridgehead atoms. The average molecular weight is 504 g/mol. The highest BCUT2D eigenvalue weighted by Crippen LogP contribution is 2.47. The largest absolute Gasteiger partial charge is 0.505 e. The van der Waals surface area contributed by atoms with E-state index in [1.807, 2.05) is 32.9 Å². The van der Waals surface area contributed by atoms with Crippen LogP contribution in [0, 0.1) is 27.7 Å². The molecule has 9 nitrogen and oxygen atoms in total. The van der Waals surface area contributed by atoms with E-state index in [-0.39, 0.29) is 33.6 Å². The molecule has 0 saturated carbocycles. The van der Waals surface area contributed by atoms with Crippen molar-refractivity contribution in [3.63, 3.8) is 0 Å². The molecule has 0 saturated heterocycles. The third-order valence-electron chi connectivity index (χ3n) is 6.13. The number of rotatable bonds is 5. The lowest BCUT2D eigenvalue weighted by molar-refractivity contribution is 0.480. The van der Waals surface area contributed by atoms with Crippen LogP contribution in [0.2, 0.25) is 0 Å². The number of nitrogen functional groups attached to an aromatic ring is 1. The predicted octanol–water partition coefficient (Wildman–Crippen LogP) is 7.44. The van der Waals surface area contributed by atoms with Gasteiger partial charge in [-0.3, -0.25) is 4.55 Å². The molecule has 4 aromatic rings. The number of phenolic OH excluding ortho intramolecular Hbond substituents is 1. The first-order valence-electron chi connectivity index (χ1n) is 11.0. The first-order valence-corrected chi connectivity index (χ1v) is 12.4. The molecule has 184 valence electrons. The zero-order valence-electron chi connectivity index (χ0n) is 20.2. The lowest BCUT2D eigenvalue weighted by atomic mass is 10.0. The second-order valence-electron chi connectivity index (χ2n) is 8.49. The van der Waals surface area contributed by atoms with Gasteiger partial charge < -0.3 is 10.8 Å². The maximum absolute atomic E-state index is 12.1. The summed E-state index contributed by atoms with van der Waals surface area (Å²) in [5.41, 5.74) is 10.9. The fourth-order valence-corrected chi connectivity index (χ4v) is 4.53. The maximum Gasteiger partial charge on any atom is 0.296 e. The number of anilines is 1. The van der Waals surface area contributed by atoms with E-state index in [0.717, 1.165) is 16.7 Å². The Bertz CT molecular complexity index is 1660. The van der Waals surface area contributed by atoms with Gasteiger partial charge in [0.15, 0.2) is 5.75 Å². The van der Waals surface area contributed by atoms with Crippen LogP contribution in [0.25, 0.3) is 10.8 Å². The summed E-state index contributed by atoms with van der Waals surface area (Å²) in [4.78, 5) is -0.522. The normalized spacial score (nSPS) is 12.2. The van der Waals surface area contributed by atoms with Crippen molar-refractivity contribution in [2.75, 3.05) is 5.73 Å². The number of hydrogen-bond donors (Lipinski definition) is 3. The van der Waals surface area contributed by atoms with Crippen LogP contribution in [-0.2, 0) is 10.1 Å². The third kappa shape index (κ3) is 4.68. The number of benzene rings is 4. The van der Waals surface area contributed by atoms with Crippen LogP contribution in [0.3, 0.4) is 0 Å². The summed E-state index contributed by atoms with van der Waals surface area (Å²) in [7, 11) is -4.70. The highest BCUT2D eigenvalue weighted by atomic mass is 32.2. The molecule has 36 heavy (non-hydrogen) atoms. The zero-order chi connectivity index (χ0) is 26.2. The van der Waals surface area contributed by atoms with Crippen molar-refractivity contribution in [3.8, 4) is 5.75 Å². The topological polar surface area (TPSA) is 150 Å². The van der Waals surface area contributed by atoms with Gasteiger partial charge in [0.25, 0.3) is 10.1 Å². The van der Waals surface area contributed by atoms with Crippen LogP contribution in [0.15, 0.2) is 79.9 Å². The predicted molar refractivity (Wildman–Crippen MR) is 140 cm³/mol. The molecule has 0 aromatic heterocycles. The van der Waals surface area contributed by atoms with E-state index < -0.39 is 15.0 Å². The lowest BCUT2D eigenvalue weighted by Crippen LogP contribution is -2.02. The van der Waals surface area contributed by atoms with Gasteiger partial charge in [0, 0.05) is 0 Å². The fourth-order valence-electron chi connectivity index (χ4n) is 3.86. The Balaban J connectivity index is 1.93. The lowest BCUT2D eigenvalue weighted by Gasteiger charge is -2.14. The molecule has 0 aliphatic carbocycles. The molecule has 4 aromatic carbocycles. The average Bonchev–Trinajstić information content (AvgIpc) is 2.82. The molecule has 4 N–H and O–H groups in total. The zero-order valence-corrected chi connectivity index (χ0v) is 21.0. The molecule has 0 aliphatic heterocycles. The number of azo groups is 2. The molecular weight excluding hydrogens is 478 g/mol. The van der Waals surface area contributed by atoms with Crippen LogP contribution in [0.4, 0.5) is 28.4 Å². The van der Waals surface area contributed by atoms with E-state index in [0.29, 0.717) is 16.9 Å². The van der Waals surface area contributed by atoms with Gasteiger partial charge in [-0.1, -0.05) is 24.3 Å². The van der Waals surface area contributed by atoms with Gasteiger partial charge in [-0.05, 0) is 85.7 Å². The van der Waals surface area contributed by atoms with Gasteiger partial charge in [0.1, 0.15) is 16.3 Å². The molecule has 0 spiro atoms. The molecule has 0 atom stereocenters. The number of nitrogens with zero attached hydrogens (tertiary/aromatic N) is 4. The Labute approximate surface area is 208 Å². The number of nitrogens with two attached hydrogens (primary N) is 1. The second-order valence-corrected chi connectivity index (χ2v) is 9.88. The SMILES string of the molecule is Cc1ccc(N=Nc2c(C)cc3cc(S(=O)(=O)O)c(N=Nc4ccccc4)c(N)c3c2O)c(C)c1C.